The highest BCUT2D eigenvalue weighted by Gasteiger charge is 2.31. The SMILES string of the molecule is CN1C(=O)C(Cc2ccccc2-c2cccc3c2CCC3)N=C(c2ccc(O)cc2)c2cc(Cl)ccc21. The van der Waals surface area contributed by atoms with Gasteiger partial charge in [-0.05, 0) is 89.5 Å². The highest BCUT2D eigenvalue weighted by Crippen LogP contribution is 2.36. The number of likely N-dealkylation sites (N-methyl/N-ethyl adjacent to an activating group) is 1. The number of phenolic OH excluding ortho intramolecular Hbond substituents is 1. The fourth-order valence-corrected chi connectivity index (χ4v) is 5.81. The molecule has 37 heavy (non-hydrogen) atoms. The Morgan fingerprint density at radius 3 is 2.54 bits per heavy atom. The summed E-state index contributed by atoms with van der Waals surface area (Å²) in [6.07, 6.45) is 3.87. The molecule has 1 aliphatic heterocycles. The van der Waals surface area contributed by atoms with Crippen LogP contribution in [0.5, 0.6) is 5.75 Å². The van der Waals surface area contributed by atoms with Crippen molar-refractivity contribution in [2.24, 2.45) is 4.99 Å². The minimum absolute atomic E-state index is 0.0644. The van der Waals surface area contributed by atoms with Gasteiger partial charge in [0.05, 0.1) is 11.4 Å². The van der Waals surface area contributed by atoms with Crippen LogP contribution in [-0.4, -0.2) is 29.8 Å². The predicted octanol–water partition coefficient (Wildman–Crippen LogP) is 6.63. The molecule has 0 saturated heterocycles. The van der Waals surface area contributed by atoms with Crippen molar-refractivity contribution in [1.29, 1.82) is 0 Å². The molecule has 0 radical (unpaired) electrons. The quantitative estimate of drug-likeness (QED) is 0.338. The Morgan fingerprint density at radius 2 is 1.70 bits per heavy atom. The average molecular weight is 507 g/mol. The van der Waals surface area contributed by atoms with Crippen molar-refractivity contribution >= 4 is 28.9 Å². The van der Waals surface area contributed by atoms with Crippen molar-refractivity contribution in [2.75, 3.05) is 11.9 Å². The lowest BCUT2D eigenvalue weighted by Gasteiger charge is -2.21. The standard InChI is InChI=1S/C32H27ClN2O2/c1-35-30-17-14-23(33)19-28(30)31(21-12-15-24(36)16-13-21)34-29(32(35)37)18-22-6-2-3-9-26(22)27-11-5-8-20-7-4-10-25(20)27/h2-3,5-6,8-9,11-17,19,29,36H,4,7,10,18H2,1H3. The van der Waals surface area contributed by atoms with Gasteiger partial charge in [0.15, 0.2) is 0 Å². The normalized spacial score (nSPS) is 16.7. The van der Waals surface area contributed by atoms with Crippen LogP contribution in [0.15, 0.2) is 89.9 Å². The van der Waals surface area contributed by atoms with Crippen molar-refractivity contribution in [3.8, 4) is 16.9 Å². The number of halogens is 1. The van der Waals surface area contributed by atoms with E-state index in [0.717, 1.165) is 35.2 Å². The molecule has 0 saturated carbocycles. The lowest BCUT2D eigenvalue weighted by molar-refractivity contribution is -0.119. The van der Waals surface area contributed by atoms with Gasteiger partial charge < -0.3 is 10.0 Å². The van der Waals surface area contributed by atoms with Crippen LogP contribution in [0.4, 0.5) is 5.69 Å². The fourth-order valence-electron chi connectivity index (χ4n) is 5.64. The van der Waals surface area contributed by atoms with Crippen LogP contribution >= 0.6 is 11.6 Å². The molecule has 5 heteroatoms. The van der Waals surface area contributed by atoms with Gasteiger partial charge in [0.2, 0.25) is 0 Å². The van der Waals surface area contributed by atoms with Crippen molar-refractivity contribution < 1.29 is 9.90 Å². The number of aliphatic imine (C=N–C) groups is 1. The summed E-state index contributed by atoms with van der Waals surface area (Å²) < 4.78 is 0. The highest BCUT2D eigenvalue weighted by atomic mass is 35.5. The molecule has 1 heterocycles. The summed E-state index contributed by atoms with van der Waals surface area (Å²) in [5, 5.41) is 10.4. The number of rotatable bonds is 4. The topological polar surface area (TPSA) is 52.9 Å². The summed E-state index contributed by atoms with van der Waals surface area (Å²) in [4.78, 5) is 20.6. The van der Waals surface area contributed by atoms with Crippen LogP contribution in [0.3, 0.4) is 0 Å². The molecular weight excluding hydrogens is 480 g/mol. The van der Waals surface area contributed by atoms with Crippen LogP contribution in [0, 0.1) is 0 Å². The summed E-state index contributed by atoms with van der Waals surface area (Å²) in [7, 11) is 1.80. The van der Waals surface area contributed by atoms with Crippen LogP contribution < -0.4 is 4.90 Å². The average Bonchev–Trinajstić information content (AvgIpc) is 3.37. The molecule has 0 fully saturated rings. The van der Waals surface area contributed by atoms with Gasteiger partial charge >= 0.3 is 0 Å². The van der Waals surface area contributed by atoms with Crippen molar-refractivity contribution in [1.82, 2.24) is 0 Å². The zero-order valence-corrected chi connectivity index (χ0v) is 21.4. The van der Waals surface area contributed by atoms with E-state index in [9.17, 15) is 9.90 Å². The number of aromatic hydroxyl groups is 1. The van der Waals surface area contributed by atoms with E-state index < -0.39 is 6.04 Å². The summed E-state index contributed by atoms with van der Waals surface area (Å²) in [5.41, 5.74) is 9.46. The van der Waals surface area contributed by atoms with Crippen LogP contribution in [0.2, 0.25) is 5.02 Å². The maximum absolute atomic E-state index is 13.8. The highest BCUT2D eigenvalue weighted by molar-refractivity contribution is 6.32. The molecule has 184 valence electrons. The molecule has 6 rings (SSSR count). The Balaban J connectivity index is 1.47. The number of phenols is 1. The van der Waals surface area contributed by atoms with E-state index in [4.69, 9.17) is 16.6 Å². The van der Waals surface area contributed by atoms with E-state index in [0.29, 0.717) is 17.2 Å². The number of benzene rings is 4. The van der Waals surface area contributed by atoms with Gasteiger partial charge in [-0.15, -0.1) is 0 Å². The smallest absolute Gasteiger partial charge is 0.251 e. The first-order valence-corrected chi connectivity index (χ1v) is 13.0. The lowest BCUT2D eigenvalue weighted by atomic mass is 9.90. The molecule has 1 amide bonds. The van der Waals surface area contributed by atoms with Gasteiger partial charge in [0, 0.05) is 29.6 Å². The third kappa shape index (κ3) is 4.32. The summed E-state index contributed by atoms with van der Waals surface area (Å²) in [6.45, 7) is 0. The first-order valence-electron chi connectivity index (χ1n) is 12.6. The molecule has 0 spiro atoms. The molecule has 0 bridgehead atoms. The number of nitrogens with zero attached hydrogens (tertiary/aromatic N) is 2. The number of hydrogen-bond acceptors (Lipinski definition) is 3. The Labute approximate surface area is 221 Å². The van der Waals surface area contributed by atoms with E-state index in [1.54, 1.807) is 30.1 Å². The van der Waals surface area contributed by atoms with E-state index in [2.05, 4.69) is 36.4 Å². The Bertz CT molecular complexity index is 1540. The number of carbonyl (C=O) groups excluding carboxylic acids is 1. The Kier molecular flexibility index (Phi) is 6.05. The van der Waals surface area contributed by atoms with Gasteiger partial charge in [-0.2, -0.15) is 0 Å². The van der Waals surface area contributed by atoms with E-state index in [1.165, 1.54) is 28.7 Å². The Hall–Kier alpha value is -3.89. The number of fused-ring (bicyclic) bond motifs is 2. The summed E-state index contributed by atoms with van der Waals surface area (Å²) in [5.74, 6) is 0.115. The number of amides is 1. The van der Waals surface area contributed by atoms with Crippen LogP contribution in [0.25, 0.3) is 11.1 Å². The van der Waals surface area contributed by atoms with Crippen molar-refractivity contribution in [3.63, 3.8) is 0 Å². The van der Waals surface area contributed by atoms with E-state index in [-0.39, 0.29) is 11.7 Å². The number of anilines is 1. The fraction of sp³-hybridized carbons (Fsp3) is 0.188. The molecular formula is C32H27ClN2O2. The number of benzodiazepines with no additional fused rings is 1. The van der Waals surface area contributed by atoms with Crippen LogP contribution in [-0.2, 0) is 24.1 Å². The summed E-state index contributed by atoms with van der Waals surface area (Å²) in [6, 6.07) is 26.8. The first kappa shape index (κ1) is 23.5. The molecule has 4 aromatic carbocycles. The molecule has 1 N–H and O–H groups in total. The summed E-state index contributed by atoms with van der Waals surface area (Å²) >= 11 is 6.39. The molecule has 2 aliphatic rings. The molecule has 1 atom stereocenters. The van der Waals surface area contributed by atoms with Gasteiger partial charge in [0.25, 0.3) is 5.91 Å². The zero-order valence-electron chi connectivity index (χ0n) is 20.6. The minimum Gasteiger partial charge on any atom is -0.508 e. The van der Waals surface area contributed by atoms with Gasteiger partial charge in [-0.25, -0.2) is 0 Å². The third-order valence-corrected chi connectivity index (χ3v) is 7.72. The zero-order chi connectivity index (χ0) is 25.5. The monoisotopic (exact) mass is 506 g/mol. The number of aryl methyl sites for hydroxylation is 1. The maximum atomic E-state index is 13.8. The van der Waals surface area contributed by atoms with Gasteiger partial charge in [-0.3, -0.25) is 9.79 Å². The lowest BCUT2D eigenvalue weighted by Crippen LogP contribution is -2.36. The second-order valence-corrected chi connectivity index (χ2v) is 10.2. The molecule has 4 aromatic rings. The Morgan fingerprint density at radius 1 is 0.919 bits per heavy atom. The molecule has 4 nitrogen and oxygen atoms in total. The molecule has 0 aromatic heterocycles. The number of carbonyl (C=O) groups is 1. The third-order valence-electron chi connectivity index (χ3n) is 7.48. The number of hydrogen-bond donors (Lipinski definition) is 1. The van der Waals surface area contributed by atoms with Crippen molar-refractivity contribution in [2.45, 2.75) is 31.7 Å². The van der Waals surface area contributed by atoms with E-state index in [1.807, 2.05) is 30.3 Å². The van der Waals surface area contributed by atoms with Gasteiger partial charge in [0.1, 0.15) is 11.8 Å². The molecule has 1 aliphatic carbocycles. The van der Waals surface area contributed by atoms with Crippen LogP contribution in [0.1, 0.15) is 34.2 Å². The minimum atomic E-state index is -0.613. The predicted molar refractivity (Wildman–Crippen MR) is 150 cm³/mol. The first-order chi connectivity index (χ1) is 18.0. The maximum Gasteiger partial charge on any atom is 0.251 e. The molecule has 1 unspecified atom stereocenters. The second kappa shape index (κ2) is 9.53. The van der Waals surface area contributed by atoms with E-state index >= 15 is 0 Å². The second-order valence-electron chi connectivity index (χ2n) is 9.76. The van der Waals surface area contributed by atoms with Crippen molar-refractivity contribution in [3.05, 3.63) is 118 Å². The largest absolute Gasteiger partial charge is 0.508 e. The van der Waals surface area contributed by atoms with Gasteiger partial charge in [-0.1, -0.05) is 54.1 Å².